The Morgan fingerprint density at radius 2 is 2.05 bits per heavy atom. The van der Waals surface area contributed by atoms with Gasteiger partial charge in [-0.15, -0.1) is 0 Å². The Morgan fingerprint density at radius 3 is 2.76 bits per heavy atom. The van der Waals surface area contributed by atoms with Crippen molar-refractivity contribution < 1.29 is 14.8 Å². The minimum Gasteiger partial charge on any atom is -0.476 e. The lowest BCUT2D eigenvalue weighted by Gasteiger charge is -2.05. The van der Waals surface area contributed by atoms with E-state index in [1.807, 2.05) is 0 Å². The zero-order valence-electron chi connectivity index (χ0n) is 10.5. The molecular formula is C13H8N4O4. The van der Waals surface area contributed by atoms with E-state index in [9.17, 15) is 14.9 Å². The average Bonchev–Trinajstić information content (AvgIpc) is 2.91. The van der Waals surface area contributed by atoms with Crippen molar-refractivity contribution >= 4 is 17.4 Å². The molecule has 2 aromatic heterocycles. The quantitative estimate of drug-likeness (QED) is 0.581. The molecule has 1 N–H and O–H groups in total. The van der Waals surface area contributed by atoms with Gasteiger partial charge >= 0.3 is 5.97 Å². The van der Waals surface area contributed by atoms with Crippen LogP contribution in [0, 0.1) is 10.1 Å². The van der Waals surface area contributed by atoms with Crippen LogP contribution in [-0.2, 0) is 0 Å². The normalized spacial score (nSPS) is 10.7. The van der Waals surface area contributed by atoms with Crippen molar-refractivity contribution in [3.8, 4) is 11.3 Å². The van der Waals surface area contributed by atoms with Gasteiger partial charge in [0.15, 0.2) is 5.69 Å². The van der Waals surface area contributed by atoms with Gasteiger partial charge in [-0.2, -0.15) is 0 Å². The molecule has 3 rings (SSSR count). The number of fused-ring (bicyclic) bond motifs is 1. The van der Waals surface area contributed by atoms with Gasteiger partial charge < -0.3 is 5.11 Å². The van der Waals surface area contributed by atoms with Gasteiger partial charge in [0.05, 0.1) is 16.2 Å². The summed E-state index contributed by atoms with van der Waals surface area (Å²) in [6, 6.07) is 7.78. The molecule has 0 aliphatic rings. The largest absolute Gasteiger partial charge is 0.476 e. The molecule has 0 fully saturated rings. The van der Waals surface area contributed by atoms with E-state index in [0.717, 1.165) is 0 Å². The van der Waals surface area contributed by atoms with E-state index in [1.54, 1.807) is 24.3 Å². The van der Waals surface area contributed by atoms with E-state index in [4.69, 9.17) is 5.11 Å². The van der Waals surface area contributed by atoms with Gasteiger partial charge in [-0.25, -0.2) is 14.8 Å². The van der Waals surface area contributed by atoms with Crippen molar-refractivity contribution in [2.45, 2.75) is 0 Å². The molecule has 0 aliphatic heterocycles. The number of carboxylic acid groups (broad SMARTS) is 1. The lowest BCUT2D eigenvalue weighted by molar-refractivity contribution is -0.384. The summed E-state index contributed by atoms with van der Waals surface area (Å²) in [7, 11) is 0. The van der Waals surface area contributed by atoms with Crippen LogP contribution in [0.15, 0.2) is 42.7 Å². The predicted octanol–water partition coefficient (Wildman–Crippen LogP) is 2.00. The van der Waals surface area contributed by atoms with Crippen LogP contribution in [0.5, 0.6) is 0 Å². The molecule has 0 amide bonds. The number of nitro groups is 1. The minimum absolute atomic E-state index is 0.0735. The molecule has 2 heterocycles. The maximum atomic E-state index is 11.1. The molecule has 3 aromatic rings. The third kappa shape index (κ3) is 2.08. The van der Waals surface area contributed by atoms with Gasteiger partial charge in [0, 0.05) is 18.5 Å². The van der Waals surface area contributed by atoms with E-state index in [1.165, 1.54) is 22.9 Å². The smallest absolute Gasteiger partial charge is 0.356 e. The van der Waals surface area contributed by atoms with Gasteiger partial charge in [-0.3, -0.25) is 14.5 Å². The van der Waals surface area contributed by atoms with Crippen LogP contribution < -0.4 is 0 Å². The molecule has 0 unspecified atom stereocenters. The summed E-state index contributed by atoms with van der Waals surface area (Å²) in [6.45, 7) is 0. The number of nitrogens with zero attached hydrogens (tertiary/aromatic N) is 4. The lowest BCUT2D eigenvalue weighted by Crippen LogP contribution is -1.97. The Bertz CT molecular complexity index is 871. The second-order valence-electron chi connectivity index (χ2n) is 4.21. The van der Waals surface area contributed by atoms with E-state index < -0.39 is 10.9 Å². The first-order chi connectivity index (χ1) is 10.1. The molecule has 0 spiro atoms. The first-order valence-corrected chi connectivity index (χ1v) is 5.89. The molecule has 0 saturated heterocycles. The summed E-state index contributed by atoms with van der Waals surface area (Å²) in [4.78, 5) is 29.4. The maximum Gasteiger partial charge on any atom is 0.356 e. The Hall–Kier alpha value is -3.29. The SMILES string of the molecule is O=C(O)c1cn2c(-c3ccccc3[N+](=O)[O-])ccnc2n1. The number of carbonyl (C=O) groups is 1. The van der Waals surface area contributed by atoms with Crippen LogP contribution in [0.1, 0.15) is 10.5 Å². The summed E-state index contributed by atoms with van der Waals surface area (Å²) < 4.78 is 1.42. The first-order valence-electron chi connectivity index (χ1n) is 5.89. The number of aromatic carboxylic acids is 1. The molecule has 0 radical (unpaired) electrons. The van der Waals surface area contributed by atoms with Gasteiger partial charge in [-0.05, 0) is 12.1 Å². The van der Waals surface area contributed by atoms with Gasteiger partial charge in [-0.1, -0.05) is 12.1 Å². The van der Waals surface area contributed by atoms with Crippen LogP contribution in [0.3, 0.4) is 0 Å². The van der Waals surface area contributed by atoms with Crippen LogP contribution in [0.4, 0.5) is 5.69 Å². The maximum absolute atomic E-state index is 11.1. The number of nitro benzene ring substituents is 1. The second-order valence-corrected chi connectivity index (χ2v) is 4.21. The van der Waals surface area contributed by atoms with E-state index in [-0.39, 0.29) is 17.2 Å². The second kappa shape index (κ2) is 4.67. The Kier molecular flexibility index (Phi) is 2.83. The number of benzene rings is 1. The Morgan fingerprint density at radius 1 is 1.29 bits per heavy atom. The number of aromatic nitrogens is 3. The van der Waals surface area contributed by atoms with Crippen molar-refractivity contribution in [1.29, 1.82) is 0 Å². The highest BCUT2D eigenvalue weighted by Crippen LogP contribution is 2.29. The zero-order valence-corrected chi connectivity index (χ0v) is 10.5. The topological polar surface area (TPSA) is 111 Å². The highest BCUT2D eigenvalue weighted by Gasteiger charge is 2.18. The standard InChI is InChI=1S/C13H8N4O4/c18-12(19)9-7-16-10(5-6-14-13(16)15-9)8-3-1-2-4-11(8)17(20)21/h1-7H,(H,18,19). The van der Waals surface area contributed by atoms with Crippen molar-refractivity contribution in [2.75, 3.05) is 0 Å². The third-order valence-corrected chi connectivity index (χ3v) is 2.97. The highest BCUT2D eigenvalue weighted by atomic mass is 16.6. The fourth-order valence-corrected chi connectivity index (χ4v) is 2.07. The molecule has 0 bridgehead atoms. The fraction of sp³-hybridized carbons (Fsp3) is 0. The van der Waals surface area contributed by atoms with E-state index in [0.29, 0.717) is 11.3 Å². The first kappa shape index (κ1) is 12.7. The van der Waals surface area contributed by atoms with Gasteiger partial charge in [0.25, 0.3) is 5.69 Å². The monoisotopic (exact) mass is 284 g/mol. The number of para-hydroxylation sites is 1. The zero-order chi connectivity index (χ0) is 15.0. The molecule has 21 heavy (non-hydrogen) atoms. The average molecular weight is 284 g/mol. The molecule has 0 saturated carbocycles. The number of rotatable bonds is 3. The molecule has 0 aliphatic carbocycles. The third-order valence-electron chi connectivity index (χ3n) is 2.97. The van der Waals surface area contributed by atoms with E-state index >= 15 is 0 Å². The molecule has 104 valence electrons. The highest BCUT2D eigenvalue weighted by molar-refractivity contribution is 5.86. The molecule has 0 atom stereocenters. The van der Waals surface area contributed by atoms with Crippen molar-refractivity contribution in [2.24, 2.45) is 0 Å². The van der Waals surface area contributed by atoms with Crippen LogP contribution >= 0.6 is 0 Å². The molecule has 8 heteroatoms. The predicted molar refractivity (Wildman–Crippen MR) is 72.0 cm³/mol. The van der Waals surface area contributed by atoms with Crippen molar-refractivity contribution in [3.63, 3.8) is 0 Å². The van der Waals surface area contributed by atoms with Crippen molar-refractivity contribution in [3.05, 3.63) is 58.5 Å². The fourth-order valence-electron chi connectivity index (χ4n) is 2.07. The van der Waals surface area contributed by atoms with Crippen LogP contribution in [0.25, 0.3) is 17.0 Å². The van der Waals surface area contributed by atoms with E-state index in [2.05, 4.69) is 9.97 Å². The number of imidazole rings is 1. The summed E-state index contributed by atoms with van der Waals surface area (Å²) in [5.74, 6) is -1.02. The summed E-state index contributed by atoms with van der Waals surface area (Å²) in [5.41, 5.74) is 0.570. The van der Waals surface area contributed by atoms with Gasteiger partial charge in [0.2, 0.25) is 5.78 Å². The summed E-state index contributed by atoms with van der Waals surface area (Å²) >= 11 is 0. The number of hydrogen-bond donors (Lipinski definition) is 1. The summed E-state index contributed by atoms with van der Waals surface area (Å²) in [6.07, 6.45) is 2.72. The minimum atomic E-state index is -1.19. The Labute approximate surface area is 117 Å². The number of carboxylic acids is 1. The van der Waals surface area contributed by atoms with Crippen LogP contribution in [-0.4, -0.2) is 30.4 Å². The van der Waals surface area contributed by atoms with Gasteiger partial charge in [0.1, 0.15) is 0 Å². The lowest BCUT2D eigenvalue weighted by atomic mass is 10.1. The molecule has 8 nitrogen and oxygen atoms in total. The van der Waals surface area contributed by atoms with Crippen LogP contribution in [0.2, 0.25) is 0 Å². The molecular weight excluding hydrogens is 276 g/mol. The Balaban J connectivity index is 2.31. The van der Waals surface area contributed by atoms with Crippen molar-refractivity contribution in [1.82, 2.24) is 14.4 Å². The number of hydrogen-bond acceptors (Lipinski definition) is 5. The molecule has 1 aromatic carbocycles. The summed E-state index contributed by atoms with van der Waals surface area (Å²) in [5, 5.41) is 20.1.